The molecule has 1 saturated heterocycles. The van der Waals surface area contributed by atoms with Gasteiger partial charge in [0, 0.05) is 42.9 Å². The molecule has 1 amide bonds. The van der Waals surface area contributed by atoms with Crippen LogP contribution in [-0.4, -0.2) is 41.4 Å². The molecular formula is C18H19BrN6O. The topological polar surface area (TPSA) is 93.4 Å². The van der Waals surface area contributed by atoms with Crippen LogP contribution in [0.2, 0.25) is 0 Å². The van der Waals surface area contributed by atoms with Gasteiger partial charge in [-0.2, -0.15) is 5.26 Å². The third-order valence-electron chi connectivity index (χ3n) is 4.13. The van der Waals surface area contributed by atoms with E-state index in [4.69, 9.17) is 0 Å². The molecule has 0 radical (unpaired) electrons. The summed E-state index contributed by atoms with van der Waals surface area (Å²) < 4.78 is 0.756. The standard InChI is InChI=1S/C18H19BrN6O/c19-14-4-1-7-21-17(14)13(12-20)15-6-9-23-18(24-15)22-8-3-11-25-10-2-5-16(25)26/h1,4,6-7,9H,2-3,5,8,10-11H2,(H2,22,23,24)/b15-13+. The minimum Gasteiger partial charge on any atom is -0.343 e. The Kier molecular flexibility index (Phi) is 6.02. The van der Waals surface area contributed by atoms with Crippen LogP contribution in [0.3, 0.4) is 0 Å². The van der Waals surface area contributed by atoms with E-state index in [1.54, 1.807) is 24.5 Å². The van der Waals surface area contributed by atoms with Gasteiger partial charge >= 0.3 is 0 Å². The highest BCUT2D eigenvalue weighted by Crippen LogP contribution is 2.24. The van der Waals surface area contributed by atoms with E-state index in [0.29, 0.717) is 35.9 Å². The second-order valence-corrected chi connectivity index (χ2v) is 6.76. The molecule has 1 fully saturated rings. The van der Waals surface area contributed by atoms with E-state index in [2.05, 4.69) is 42.6 Å². The number of rotatable bonds is 5. The number of aliphatic imine (C=N–C) groups is 1. The summed E-state index contributed by atoms with van der Waals surface area (Å²) >= 11 is 3.43. The zero-order chi connectivity index (χ0) is 18.4. The fourth-order valence-electron chi connectivity index (χ4n) is 2.84. The molecule has 8 heteroatoms. The lowest BCUT2D eigenvalue weighted by atomic mass is 10.1. The van der Waals surface area contributed by atoms with Crippen LogP contribution in [0.5, 0.6) is 0 Å². The fourth-order valence-corrected chi connectivity index (χ4v) is 3.30. The van der Waals surface area contributed by atoms with E-state index in [1.807, 2.05) is 11.0 Å². The second-order valence-electron chi connectivity index (χ2n) is 5.91. The molecule has 3 rings (SSSR count). The molecular weight excluding hydrogens is 396 g/mol. The Balaban J connectivity index is 1.65. The smallest absolute Gasteiger partial charge is 0.222 e. The van der Waals surface area contributed by atoms with Crippen molar-refractivity contribution in [2.24, 2.45) is 4.99 Å². The van der Waals surface area contributed by atoms with Crippen LogP contribution < -0.4 is 10.6 Å². The first kappa shape index (κ1) is 18.1. The quantitative estimate of drug-likeness (QED) is 0.568. The molecule has 2 N–H and O–H groups in total. The molecule has 0 aliphatic carbocycles. The van der Waals surface area contributed by atoms with Crippen molar-refractivity contribution in [3.8, 4) is 6.07 Å². The third-order valence-corrected chi connectivity index (χ3v) is 4.77. The minimum atomic E-state index is 0.235. The average molecular weight is 415 g/mol. The summed E-state index contributed by atoms with van der Waals surface area (Å²) in [5, 5.41) is 15.7. The lowest BCUT2D eigenvalue weighted by Gasteiger charge is -2.18. The lowest BCUT2D eigenvalue weighted by Crippen LogP contribution is -2.37. The van der Waals surface area contributed by atoms with E-state index >= 15 is 0 Å². The van der Waals surface area contributed by atoms with Gasteiger partial charge in [-0.1, -0.05) is 0 Å². The summed E-state index contributed by atoms with van der Waals surface area (Å²) in [6.45, 7) is 2.18. The first-order valence-corrected chi connectivity index (χ1v) is 9.26. The number of aromatic nitrogens is 1. The number of pyridine rings is 1. The number of amides is 1. The molecule has 7 nitrogen and oxygen atoms in total. The molecule has 0 aromatic carbocycles. The van der Waals surface area contributed by atoms with E-state index in [0.717, 1.165) is 30.4 Å². The Labute approximate surface area is 160 Å². The van der Waals surface area contributed by atoms with Crippen LogP contribution in [0, 0.1) is 11.3 Å². The van der Waals surface area contributed by atoms with Crippen molar-refractivity contribution in [2.45, 2.75) is 19.3 Å². The number of likely N-dealkylation sites (tertiary alicyclic amines) is 1. The Morgan fingerprint density at radius 2 is 2.38 bits per heavy atom. The molecule has 1 aromatic heterocycles. The summed E-state index contributed by atoms with van der Waals surface area (Å²) in [6.07, 6.45) is 7.59. The number of halogens is 1. The summed E-state index contributed by atoms with van der Waals surface area (Å²) in [6, 6.07) is 5.85. The van der Waals surface area contributed by atoms with Crippen molar-refractivity contribution in [2.75, 3.05) is 19.6 Å². The normalized spacial score (nSPS) is 19.9. The maximum absolute atomic E-state index is 11.6. The maximum atomic E-state index is 11.6. The second kappa shape index (κ2) is 8.63. The van der Waals surface area contributed by atoms with Crippen LogP contribution in [0.15, 0.2) is 45.8 Å². The van der Waals surface area contributed by atoms with Gasteiger partial charge in [0.1, 0.15) is 11.6 Å². The zero-order valence-electron chi connectivity index (χ0n) is 14.2. The SMILES string of the molecule is N#C/C(=C1/C=CNC(=NCCCN2CCCC2=O)N1)c1ncccc1Br. The van der Waals surface area contributed by atoms with Gasteiger partial charge in [-0.3, -0.25) is 14.8 Å². The molecule has 0 saturated carbocycles. The van der Waals surface area contributed by atoms with Crippen LogP contribution in [-0.2, 0) is 4.79 Å². The average Bonchev–Trinajstić information content (AvgIpc) is 3.06. The Morgan fingerprint density at radius 3 is 3.12 bits per heavy atom. The molecule has 2 aliphatic rings. The predicted molar refractivity (Wildman–Crippen MR) is 103 cm³/mol. The molecule has 1 aromatic rings. The van der Waals surface area contributed by atoms with E-state index in [-0.39, 0.29) is 5.91 Å². The molecule has 0 spiro atoms. The third kappa shape index (κ3) is 4.29. The van der Waals surface area contributed by atoms with Crippen molar-refractivity contribution in [3.05, 3.63) is 46.5 Å². The minimum absolute atomic E-state index is 0.235. The Hall–Kier alpha value is -2.66. The van der Waals surface area contributed by atoms with Crippen LogP contribution >= 0.6 is 15.9 Å². The van der Waals surface area contributed by atoms with E-state index in [9.17, 15) is 10.1 Å². The van der Waals surface area contributed by atoms with Crippen molar-refractivity contribution in [3.63, 3.8) is 0 Å². The molecule has 2 aliphatic heterocycles. The number of nitriles is 1. The number of nitrogens with zero attached hydrogens (tertiary/aromatic N) is 4. The van der Waals surface area contributed by atoms with E-state index in [1.165, 1.54) is 0 Å². The van der Waals surface area contributed by atoms with Gasteiger partial charge in [0.05, 0.1) is 11.4 Å². The number of hydrogen-bond acceptors (Lipinski definition) is 4. The summed E-state index contributed by atoms with van der Waals surface area (Å²) in [5.41, 5.74) is 1.65. The maximum Gasteiger partial charge on any atom is 0.222 e. The van der Waals surface area contributed by atoms with E-state index < -0.39 is 0 Å². The number of hydrogen-bond donors (Lipinski definition) is 2. The van der Waals surface area contributed by atoms with Crippen LogP contribution in [0.4, 0.5) is 0 Å². The van der Waals surface area contributed by atoms with Gasteiger partial charge in [0.15, 0.2) is 5.96 Å². The molecule has 26 heavy (non-hydrogen) atoms. The summed E-state index contributed by atoms with van der Waals surface area (Å²) in [7, 11) is 0. The Bertz CT molecular complexity index is 823. The fraction of sp³-hybridized carbons (Fsp3) is 0.333. The number of nitrogens with one attached hydrogen (secondary N) is 2. The lowest BCUT2D eigenvalue weighted by molar-refractivity contribution is -0.127. The van der Waals surface area contributed by atoms with Gasteiger partial charge in [-0.05, 0) is 47.0 Å². The van der Waals surface area contributed by atoms with Crippen molar-refractivity contribution in [1.29, 1.82) is 5.26 Å². The highest BCUT2D eigenvalue weighted by molar-refractivity contribution is 9.10. The van der Waals surface area contributed by atoms with Crippen molar-refractivity contribution < 1.29 is 4.79 Å². The van der Waals surface area contributed by atoms with Gasteiger partial charge < -0.3 is 15.5 Å². The first-order chi connectivity index (χ1) is 12.7. The van der Waals surface area contributed by atoms with Crippen LogP contribution in [0.25, 0.3) is 5.57 Å². The monoisotopic (exact) mass is 414 g/mol. The largest absolute Gasteiger partial charge is 0.343 e. The van der Waals surface area contributed by atoms with Gasteiger partial charge in [-0.15, -0.1) is 0 Å². The highest BCUT2D eigenvalue weighted by Gasteiger charge is 2.19. The van der Waals surface area contributed by atoms with Gasteiger partial charge in [0.2, 0.25) is 5.91 Å². The molecule has 3 heterocycles. The van der Waals surface area contributed by atoms with Crippen molar-refractivity contribution >= 4 is 33.4 Å². The number of carbonyl (C=O) groups is 1. The molecule has 0 unspecified atom stereocenters. The molecule has 134 valence electrons. The van der Waals surface area contributed by atoms with Gasteiger partial charge in [0.25, 0.3) is 0 Å². The van der Waals surface area contributed by atoms with Crippen LogP contribution in [0.1, 0.15) is 25.0 Å². The number of carbonyl (C=O) groups excluding carboxylic acids is 1. The number of guanidine groups is 1. The highest BCUT2D eigenvalue weighted by atomic mass is 79.9. The van der Waals surface area contributed by atoms with Crippen molar-refractivity contribution in [1.82, 2.24) is 20.5 Å². The first-order valence-electron chi connectivity index (χ1n) is 8.46. The summed E-state index contributed by atoms with van der Waals surface area (Å²) in [4.78, 5) is 22.2. The summed E-state index contributed by atoms with van der Waals surface area (Å²) in [5.74, 6) is 0.814. The molecule has 0 bridgehead atoms. The number of allylic oxidation sites excluding steroid dienone is 2. The zero-order valence-corrected chi connectivity index (χ0v) is 15.8. The molecule has 0 atom stereocenters. The predicted octanol–water partition coefficient (Wildman–Crippen LogP) is 2.15. The Morgan fingerprint density at radius 1 is 1.50 bits per heavy atom. The van der Waals surface area contributed by atoms with Gasteiger partial charge in [-0.25, -0.2) is 0 Å².